The van der Waals surface area contributed by atoms with Gasteiger partial charge in [-0.3, -0.25) is 0 Å². The second-order valence-corrected chi connectivity index (χ2v) is 7.02. The van der Waals surface area contributed by atoms with Crippen LogP contribution in [0.3, 0.4) is 0 Å². The number of hydrogen-bond donors (Lipinski definition) is 2. The van der Waals surface area contributed by atoms with Crippen molar-refractivity contribution < 1.29 is 8.78 Å². The van der Waals surface area contributed by atoms with E-state index in [9.17, 15) is 8.78 Å². The number of nitrogens with zero attached hydrogens (tertiary/aromatic N) is 4. The molecule has 4 aromatic rings. The minimum Gasteiger partial charge on any atom is -0.342 e. The van der Waals surface area contributed by atoms with Gasteiger partial charge in [0.25, 0.3) is 0 Å². The molecule has 0 unspecified atom stereocenters. The van der Waals surface area contributed by atoms with E-state index in [2.05, 4.69) is 25.5 Å². The fourth-order valence-electron chi connectivity index (χ4n) is 3.80. The van der Waals surface area contributed by atoms with E-state index < -0.39 is 11.6 Å². The van der Waals surface area contributed by atoms with Crippen molar-refractivity contribution in [3.63, 3.8) is 0 Å². The molecular formula is C19H18F2N6. The highest BCUT2D eigenvalue weighted by atomic mass is 19.1. The highest BCUT2D eigenvalue weighted by Crippen LogP contribution is 2.31. The third-order valence-corrected chi connectivity index (χ3v) is 5.16. The van der Waals surface area contributed by atoms with Crippen LogP contribution in [0.25, 0.3) is 33.2 Å². The van der Waals surface area contributed by atoms with Crippen LogP contribution in [0.5, 0.6) is 0 Å². The fourth-order valence-corrected chi connectivity index (χ4v) is 3.80. The second kappa shape index (κ2) is 6.09. The largest absolute Gasteiger partial charge is 0.342 e. The van der Waals surface area contributed by atoms with Gasteiger partial charge < -0.3 is 10.3 Å². The first-order valence-corrected chi connectivity index (χ1v) is 8.99. The lowest BCUT2D eigenvalue weighted by Gasteiger charge is -2.20. The van der Waals surface area contributed by atoms with Crippen LogP contribution in [0, 0.1) is 11.6 Å². The molecule has 1 aliphatic rings. The lowest BCUT2D eigenvalue weighted by Crippen LogP contribution is -2.27. The molecule has 5 rings (SSSR count). The predicted octanol–water partition coefficient (Wildman–Crippen LogP) is 3.26. The average molecular weight is 368 g/mol. The molecule has 0 atom stereocenters. The molecule has 0 amide bonds. The van der Waals surface area contributed by atoms with Crippen LogP contribution in [0.4, 0.5) is 8.78 Å². The average Bonchev–Trinajstić information content (AvgIpc) is 3.26. The minimum atomic E-state index is -0.476. The van der Waals surface area contributed by atoms with Gasteiger partial charge in [-0.1, -0.05) is 0 Å². The van der Waals surface area contributed by atoms with Crippen molar-refractivity contribution in [2.75, 3.05) is 13.1 Å². The van der Waals surface area contributed by atoms with Crippen LogP contribution in [0.1, 0.15) is 24.6 Å². The van der Waals surface area contributed by atoms with E-state index in [0.717, 1.165) is 31.8 Å². The minimum absolute atomic E-state index is 0.206. The van der Waals surface area contributed by atoms with Crippen LogP contribution in [-0.4, -0.2) is 38.1 Å². The third kappa shape index (κ3) is 2.76. The maximum atomic E-state index is 14.7. The standard InChI is InChI=1S/C19H18F2N6/c1-27-25-16-9-12(7-14(21)18(16)26-27)11-6-13(20)17-15(8-11)23-19(24-17)10-2-4-22-5-3-10/h6-10,22H,2-5H2,1H3,(H,23,24). The van der Waals surface area contributed by atoms with Gasteiger partial charge in [0.15, 0.2) is 11.6 Å². The molecule has 0 bridgehead atoms. The molecule has 2 aromatic heterocycles. The predicted molar refractivity (Wildman–Crippen MR) is 98.4 cm³/mol. The number of H-pyrrole nitrogens is 1. The number of aryl methyl sites for hydroxylation is 1. The van der Waals surface area contributed by atoms with E-state index in [0.29, 0.717) is 33.6 Å². The second-order valence-electron chi connectivity index (χ2n) is 7.02. The molecule has 0 aliphatic carbocycles. The Labute approximate surface area is 153 Å². The molecule has 2 N–H and O–H groups in total. The number of rotatable bonds is 2. The molecule has 1 saturated heterocycles. The van der Waals surface area contributed by atoms with Gasteiger partial charge in [-0.15, -0.1) is 0 Å². The van der Waals surface area contributed by atoms with Gasteiger partial charge in [0.2, 0.25) is 0 Å². The number of halogens is 2. The number of aromatic nitrogens is 5. The Morgan fingerprint density at radius 2 is 1.67 bits per heavy atom. The smallest absolute Gasteiger partial charge is 0.153 e. The van der Waals surface area contributed by atoms with Gasteiger partial charge in [0, 0.05) is 13.0 Å². The number of hydrogen-bond acceptors (Lipinski definition) is 4. The first-order valence-electron chi connectivity index (χ1n) is 8.99. The molecule has 6 nitrogen and oxygen atoms in total. The number of nitrogens with one attached hydrogen (secondary N) is 2. The zero-order chi connectivity index (χ0) is 18.5. The van der Waals surface area contributed by atoms with Gasteiger partial charge in [-0.2, -0.15) is 15.0 Å². The lowest BCUT2D eigenvalue weighted by molar-refractivity contribution is 0.448. The topological polar surface area (TPSA) is 71.4 Å². The van der Waals surface area contributed by atoms with E-state index in [-0.39, 0.29) is 5.52 Å². The zero-order valence-electron chi connectivity index (χ0n) is 14.8. The molecule has 27 heavy (non-hydrogen) atoms. The number of fused-ring (bicyclic) bond motifs is 2. The summed E-state index contributed by atoms with van der Waals surface area (Å²) < 4.78 is 29.1. The highest BCUT2D eigenvalue weighted by Gasteiger charge is 2.20. The molecule has 0 radical (unpaired) electrons. The monoisotopic (exact) mass is 368 g/mol. The summed E-state index contributed by atoms with van der Waals surface area (Å²) in [5, 5.41) is 11.5. The summed E-state index contributed by atoms with van der Waals surface area (Å²) in [6, 6.07) is 6.29. The van der Waals surface area contributed by atoms with Gasteiger partial charge in [0.1, 0.15) is 22.4 Å². The van der Waals surface area contributed by atoms with Gasteiger partial charge >= 0.3 is 0 Å². The van der Waals surface area contributed by atoms with Crippen LogP contribution >= 0.6 is 0 Å². The summed E-state index contributed by atoms with van der Waals surface area (Å²) in [5.74, 6) is 0.225. The molecule has 0 spiro atoms. The van der Waals surface area contributed by atoms with Crippen LogP contribution in [0.2, 0.25) is 0 Å². The Balaban J connectivity index is 1.61. The van der Waals surface area contributed by atoms with E-state index in [4.69, 9.17) is 0 Å². The summed E-state index contributed by atoms with van der Waals surface area (Å²) >= 11 is 0. The maximum absolute atomic E-state index is 14.7. The molecule has 1 aliphatic heterocycles. The summed E-state index contributed by atoms with van der Waals surface area (Å²) in [6.45, 7) is 1.87. The van der Waals surface area contributed by atoms with Crippen molar-refractivity contribution in [3.05, 3.63) is 41.7 Å². The molecule has 3 heterocycles. The van der Waals surface area contributed by atoms with Crippen molar-refractivity contribution in [3.8, 4) is 11.1 Å². The molecular weight excluding hydrogens is 350 g/mol. The normalized spacial score (nSPS) is 15.8. The fraction of sp³-hybridized carbons (Fsp3) is 0.316. The van der Waals surface area contributed by atoms with Crippen LogP contribution in [0.15, 0.2) is 24.3 Å². The van der Waals surface area contributed by atoms with E-state index in [1.807, 2.05) is 6.07 Å². The summed E-state index contributed by atoms with van der Waals surface area (Å²) in [5.41, 5.74) is 2.73. The van der Waals surface area contributed by atoms with E-state index in [1.165, 1.54) is 16.9 Å². The summed E-state index contributed by atoms with van der Waals surface area (Å²) in [4.78, 5) is 9.07. The Hall–Kier alpha value is -2.87. The van der Waals surface area contributed by atoms with E-state index in [1.54, 1.807) is 13.1 Å². The lowest BCUT2D eigenvalue weighted by atomic mass is 9.98. The summed E-state index contributed by atoms with van der Waals surface area (Å²) in [7, 11) is 1.64. The molecule has 1 fully saturated rings. The molecule has 8 heteroatoms. The Bertz CT molecular complexity index is 1160. The SMILES string of the molecule is Cn1nc2cc(-c3cc(F)c4nc(C5CCNCC5)[nH]c4c3)cc(F)c2n1. The third-order valence-electron chi connectivity index (χ3n) is 5.16. The zero-order valence-corrected chi connectivity index (χ0v) is 14.8. The van der Waals surface area contributed by atoms with Crippen molar-refractivity contribution >= 4 is 22.1 Å². The van der Waals surface area contributed by atoms with E-state index >= 15 is 0 Å². The molecule has 0 saturated carbocycles. The molecule has 138 valence electrons. The first kappa shape index (κ1) is 16.3. The number of aromatic amines is 1. The quantitative estimate of drug-likeness (QED) is 0.570. The maximum Gasteiger partial charge on any atom is 0.153 e. The number of piperidine rings is 1. The van der Waals surface area contributed by atoms with Gasteiger partial charge in [-0.05, 0) is 61.3 Å². The van der Waals surface area contributed by atoms with Gasteiger partial charge in [-0.25, -0.2) is 13.8 Å². The van der Waals surface area contributed by atoms with Crippen molar-refractivity contribution in [1.29, 1.82) is 0 Å². The van der Waals surface area contributed by atoms with Crippen molar-refractivity contribution in [1.82, 2.24) is 30.3 Å². The number of benzene rings is 2. The number of imidazole rings is 1. The van der Waals surface area contributed by atoms with Crippen molar-refractivity contribution in [2.45, 2.75) is 18.8 Å². The Morgan fingerprint density at radius 3 is 2.44 bits per heavy atom. The van der Waals surface area contributed by atoms with Crippen molar-refractivity contribution in [2.24, 2.45) is 7.05 Å². The Kier molecular flexibility index (Phi) is 3.68. The van der Waals surface area contributed by atoms with Gasteiger partial charge in [0.05, 0.1) is 5.52 Å². The van der Waals surface area contributed by atoms with Crippen LogP contribution < -0.4 is 5.32 Å². The highest BCUT2D eigenvalue weighted by molar-refractivity contribution is 5.86. The first-order chi connectivity index (χ1) is 13.1. The molecule has 2 aromatic carbocycles. The summed E-state index contributed by atoms with van der Waals surface area (Å²) in [6.07, 6.45) is 1.95. The Morgan fingerprint density at radius 1 is 0.963 bits per heavy atom. The van der Waals surface area contributed by atoms with Crippen LogP contribution in [-0.2, 0) is 7.05 Å².